The highest BCUT2D eigenvalue weighted by Crippen LogP contribution is 2.63. The molecule has 296 valence electrons. The zero-order valence-electron chi connectivity index (χ0n) is 34.1. The molecular weight excluding hydrogens is 801 g/mol. The van der Waals surface area contributed by atoms with Crippen molar-refractivity contribution in [2.24, 2.45) is 0 Å². The zero-order chi connectivity index (χ0) is 41.7. The second-order valence-electron chi connectivity index (χ2n) is 17.0. The first-order valence-corrected chi connectivity index (χ1v) is 22.5. The third-order valence-electron chi connectivity index (χ3n) is 13.9. The van der Waals surface area contributed by atoms with Gasteiger partial charge in [-0.1, -0.05) is 158 Å². The molecule has 0 saturated heterocycles. The number of para-hydroxylation sites is 2. The number of benzene rings is 9. The molecule has 0 radical (unpaired) electrons. The lowest BCUT2D eigenvalue weighted by molar-refractivity contribution is 0.673. The average molecular weight is 833 g/mol. The second-order valence-corrected chi connectivity index (χ2v) is 18.1. The van der Waals surface area contributed by atoms with Gasteiger partial charge in [0.1, 0.15) is 11.2 Å². The highest BCUT2D eigenvalue weighted by atomic mass is 32.1. The van der Waals surface area contributed by atoms with Gasteiger partial charge in [0.25, 0.3) is 0 Å². The molecule has 0 unspecified atom stereocenters. The minimum atomic E-state index is -0.456. The third-order valence-corrected chi connectivity index (χ3v) is 15.1. The smallest absolute Gasteiger partial charge is 0.238 e. The number of hydrogen-bond donors (Lipinski definition) is 0. The molecule has 13 aromatic rings. The molecule has 4 heterocycles. The molecule has 2 aliphatic rings. The summed E-state index contributed by atoms with van der Waals surface area (Å²) in [5.41, 5.74) is 15.6. The van der Waals surface area contributed by atoms with Crippen LogP contribution in [0.3, 0.4) is 0 Å². The molecule has 6 heteroatoms. The van der Waals surface area contributed by atoms with Crippen molar-refractivity contribution >= 4 is 75.3 Å². The van der Waals surface area contributed by atoms with E-state index in [0.717, 1.165) is 70.3 Å². The molecule has 64 heavy (non-hydrogen) atoms. The minimum Gasteiger partial charge on any atom is -0.455 e. The highest BCUT2D eigenvalue weighted by molar-refractivity contribution is 7.26. The van der Waals surface area contributed by atoms with Crippen molar-refractivity contribution in [3.8, 4) is 51.0 Å². The van der Waals surface area contributed by atoms with E-state index in [-0.39, 0.29) is 0 Å². The number of aromatic nitrogens is 4. The van der Waals surface area contributed by atoms with E-state index in [1.54, 1.807) is 11.3 Å². The van der Waals surface area contributed by atoms with Crippen LogP contribution in [0.15, 0.2) is 199 Å². The number of fused-ring (bicyclic) bond motifs is 20. The van der Waals surface area contributed by atoms with Gasteiger partial charge in [0.15, 0.2) is 11.6 Å². The molecule has 0 atom stereocenters. The Morgan fingerprint density at radius 1 is 0.422 bits per heavy atom. The summed E-state index contributed by atoms with van der Waals surface area (Å²) in [6, 6.07) is 70.0. The summed E-state index contributed by atoms with van der Waals surface area (Å²) < 4.78 is 11.2. The van der Waals surface area contributed by atoms with Gasteiger partial charge >= 0.3 is 0 Å². The summed E-state index contributed by atoms with van der Waals surface area (Å²) in [6.45, 7) is 0. The predicted molar refractivity (Wildman–Crippen MR) is 262 cm³/mol. The van der Waals surface area contributed by atoms with Crippen molar-refractivity contribution in [2.45, 2.75) is 5.41 Å². The minimum absolute atomic E-state index is 0.456. The van der Waals surface area contributed by atoms with Crippen molar-refractivity contribution in [3.05, 3.63) is 216 Å². The van der Waals surface area contributed by atoms with Crippen molar-refractivity contribution in [2.75, 3.05) is 0 Å². The fraction of sp³-hybridized carbons (Fsp3) is 0.0172. The SMILES string of the molecule is c1ccc(-c2nc(-c3cc4c5ccccc5oc4c4c3sc3ccccc34)nc(-n3c4ccccc4c4cc5c(cc43)-c3ccccc3C53c4ccccc4-c4ccccc43)n2)cc1. The standard InChI is InChI=1S/C58H32N4OS/c1-2-16-33(17-3-1)55-59-56(43-30-42-38-22-8-14-28-50(38)63-53(42)52-39-23-9-15-29-51(39)64-54(43)52)61-57(60-55)62-48-27-13-7-21-37(48)41-31-47-40(32-49(41)62)36-20-6-12-26-46(36)58(47)44-24-10-4-18-34(44)35-19-5-11-25-45(35)58/h1-32H. The van der Waals surface area contributed by atoms with E-state index in [2.05, 4.69) is 168 Å². The van der Waals surface area contributed by atoms with E-state index in [0.29, 0.717) is 17.6 Å². The summed E-state index contributed by atoms with van der Waals surface area (Å²) in [4.78, 5) is 16.3. The lowest BCUT2D eigenvalue weighted by Crippen LogP contribution is -2.25. The summed E-state index contributed by atoms with van der Waals surface area (Å²) in [5, 5.41) is 6.66. The van der Waals surface area contributed by atoms with Crippen molar-refractivity contribution in [1.82, 2.24) is 19.5 Å². The maximum atomic E-state index is 6.68. The van der Waals surface area contributed by atoms with E-state index >= 15 is 0 Å². The lowest BCUT2D eigenvalue weighted by Gasteiger charge is -2.30. The second kappa shape index (κ2) is 12.5. The fourth-order valence-electron chi connectivity index (χ4n) is 11.3. The van der Waals surface area contributed by atoms with Crippen molar-refractivity contribution in [1.29, 1.82) is 0 Å². The van der Waals surface area contributed by atoms with Crippen LogP contribution in [0.5, 0.6) is 0 Å². The lowest BCUT2D eigenvalue weighted by atomic mass is 9.70. The highest BCUT2D eigenvalue weighted by Gasteiger charge is 2.51. The van der Waals surface area contributed by atoms with E-state index < -0.39 is 5.41 Å². The quantitative estimate of drug-likeness (QED) is 0.178. The molecule has 0 amide bonds. The Morgan fingerprint density at radius 2 is 1.03 bits per heavy atom. The number of furan rings is 1. The molecule has 5 nitrogen and oxygen atoms in total. The van der Waals surface area contributed by atoms with Gasteiger partial charge in [-0.05, 0) is 80.9 Å². The first kappa shape index (κ1) is 34.4. The van der Waals surface area contributed by atoms with Gasteiger partial charge in [-0.25, -0.2) is 4.98 Å². The molecular formula is C58H32N4OS. The Bertz CT molecular complexity index is 4110. The Morgan fingerprint density at radius 3 is 1.80 bits per heavy atom. The number of thiophene rings is 1. The molecule has 0 saturated carbocycles. The Labute approximate surface area is 370 Å². The van der Waals surface area contributed by atoms with Gasteiger partial charge in [0.05, 0.1) is 21.1 Å². The number of rotatable bonds is 3. The van der Waals surface area contributed by atoms with Crippen LogP contribution in [0, 0.1) is 0 Å². The van der Waals surface area contributed by atoms with Crippen LogP contribution in [-0.2, 0) is 5.41 Å². The molecule has 0 bridgehead atoms. The van der Waals surface area contributed by atoms with Crippen molar-refractivity contribution < 1.29 is 4.42 Å². The molecule has 15 rings (SSSR count). The average Bonchev–Trinajstić information content (AvgIpc) is 4.15. The number of hydrogen-bond acceptors (Lipinski definition) is 5. The van der Waals surface area contributed by atoms with Gasteiger partial charge in [-0.2, -0.15) is 9.97 Å². The first-order valence-electron chi connectivity index (χ1n) is 21.7. The Hall–Kier alpha value is -8.19. The van der Waals surface area contributed by atoms with E-state index in [1.807, 2.05) is 30.3 Å². The Balaban J connectivity index is 1.05. The third kappa shape index (κ3) is 4.35. The van der Waals surface area contributed by atoms with Gasteiger partial charge < -0.3 is 4.42 Å². The van der Waals surface area contributed by atoms with Gasteiger partial charge in [0.2, 0.25) is 5.95 Å². The molecule has 4 aromatic heterocycles. The normalized spacial score (nSPS) is 13.4. The monoisotopic (exact) mass is 832 g/mol. The van der Waals surface area contributed by atoms with E-state index in [1.165, 1.54) is 49.2 Å². The zero-order valence-corrected chi connectivity index (χ0v) is 34.9. The largest absolute Gasteiger partial charge is 0.455 e. The van der Waals surface area contributed by atoms with Crippen LogP contribution in [0.25, 0.3) is 115 Å². The van der Waals surface area contributed by atoms with E-state index in [4.69, 9.17) is 19.4 Å². The summed E-state index contributed by atoms with van der Waals surface area (Å²) in [5.74, 6) is 1.80. The molecule has 0 aliphatic heterocycles. The maximum absolute atomic E-state index is 6.68. The fourth-order valence-corrected chi connectivity index (χ4v) is 12.5. The van der Waals surface area contributed by atoms with Gasteiger partial charge in [-0.3, -0.25) is 4.57 Å². The molecule has 9 aromatic carbocycles. The van der Waals surface area contributed by atoms with Crippen LogP contribution in [0.4, 0.5) is 0 Å². The maximum Gasteiger partial charge on any atom is 0.238 e. The van der Waals surface area contributed by atoms with Crippen LogP contribution in [0.1, 0.15) is 22.3 Å². The van der Waals surface area contributed by atoms with E-state index in [9.17, 15) is 0 Å². The van der Waals surface area contributed by atoms with Crippen molar-refractivity contribution in [3.63, 3.8) is 0 Å². The summed E-state index contributed by atoms with van der Waals surface area (Å²) >= 11 is 1.76. The summed E-state index contributed by atoms with van der Waals surface area (Å²) in [6.07, 6.45) is 0. The van der Waals surface area contributed by atoms with Gasteiger partial charge in [-0.15, -0.1) is 11.3 Å². The van der Waals surface area contributed by atoms with Gasteiger partial charge in [0, 0.05) is 48.1 Å². The van der Waals surface area contributed by atoms with Crippen LogP contribution >= 0.6 is 11.3 Å². The van der Waals surface area contributed by atoms with Crippen LogP contribution in [-0.4, -0.2) is 19.5 Å². The molecule has 0 N–H and O–H groups in total. The predicted octanol–water partition coefficient (Wildman–Crippen LogP) is 14.9. The molecule has 0 fully saturated rings. The van der Waals surface area contributed by atoms with Crippen LogP contribution in [0.2, 0.25) is 0 Å². The van der Waals surface area contributed by atoms with Crippen LogP contribution < -0.4 is 0 Å². The topological polar surface area (TPSA) is 56.7 Å². The Kier molecular flexibility index (Phi) is 6.70. The number of nitrogens with zero attached hydrogens (tertiary/aromatic N) is 4. The molecule has 2 aliphatic carbocycles. The first-order chi connectivity index (χ1) is 31.7. The summed E-state index contributed by atoms with van der Waals surface area (Å²) in [7, 11) is 0. The molecule has 1 spiro atoms.